The van der Waals surface area contributed by atoms with E-state index in [1.165, 1.54) is 11.8 Å². The van der Waals surface area contributed by atoms with Crippen molar-refractivity contribution >= 4 is 17.7 Å². The molecule has 9 heteroatoms. The number of benzene rings is 1. The lowest BCUT2D eigenvalue weighted by Gasteiger charge is -2.14. The normalized spacial score (nSPS) is 17.8. The fraction of sp³-hybridized carbons (Fsp3) is 0.529. The second-order valence-corrected chi connectivity index (χ2v) is 7.42. The van der Waals surface area contributed by atoms with E-state index in [0.717, 1.165) is 30.8 Å². The molecule has 0 radical (unpaired) electrons. The molecule has 0 aliphatic carbocycles. The minimum atomic E-state index is -0.294. The van der Waals surface area contributed by atoms with Crippen molar-refractivity contribution < 1.29 is 14.3 Å². The molecule has 0 bridgehead atoms. The topological polar surface area (TPSA) is 91.2 Å². The summed E-state index contributed by atoms with van der Waals surface area (Å²) in [7, 11) is 1.64. The van der Waals surface area contributed by atoms with Crippen LogP contribution in [-0.4, -0.2) is 57.7 Å². The number of ether oxygens (including phenoxy) is 2. The highest BCUT2D eigenvalue weighted by atomic mass is 32.2. The van der Waals surface area contributed by atoms with Crippen LogP contribution in [0.5, 0.6) is 5.75 Å². The van der Waals surface area contributed by atoms with Crippen LogP contribution >= 0.6 is 11.8 Å². The molecule has 3 rings (SSSR count). The molecular weight excluding hydrogens is 354 g/mol. The first kappa shape index (κ1) is 18.7. The summed E-state index contributed by atoms with van der Waals surface area (Å²) in [6, 6.07) is 7.72. The fourth-order valence-electron chi connectivity index (χ4n) is 2.66. The zero-order chi connectivity index (χ0) is 18.4. The Hall–Kier alpha value is -2.13. The van der Waals surface area contributed by atoms with E-state index in [4.69, 9.17) is 9.47 Å². The van der Waals surface area contributed by atoms with Crippen molar-refractivity contribution in [3.63, 3.8) is 0 Å². The van der Waals surface area contributed by atoms with Gasteiger partial charge in [-0.05, 0) is 47.9 Å². The Balaban J connectivity index is 1.54. The van der Waals surface area contributed by atoms with Crippen molar-refractivity contribution in [2.75, 3.05) is 20.3 Å². The quantitative estimate of drug-likeness (QED) is 0.697. The molecule has 26 heavy (non-hydrogen) atoms. The molecule has 1 fully saturated rings. The van der Waals surface area contributed by atoms with Gasteiger partial charge in [0, 0.05) is 13.2 Å². The molecule has 1 aromatic carbocycles. The summed E-state index contributed by atoms with van der Waals surface area (Å²) in [6.07, 6.45) is 2.20. The minimum Gasteiger partial charge on any atom is -0.497 e. The number of amides is 1. The van der Waals surface area contributed by atoms with Crippen LogP contribution in [0.1, 0.15) is 25.3 Å². The van der Waals surface area contributed by atoms with Gasteiger partial charge in [-0.1, -0.05) is 23.9 Å². The van der Waals surface area contributed by atoms with Crippen LogP contribution in [0.15, 0.2) is 29.4 Å². The minimum absolute atomic E-state index is 0.0375. The van der Waals surface area contributed by atoms with E-state index in [-0.39, 0.29) is 17.3 Å². The van der Waals surface area contributed by atoms with Crippen LogP contribution in [0.25, 0.3) is 0 Å². The molecule has 0 unspecified atom stereocenters. The number of methoxy groups -OCH3 is 1. The van der Waals surface area contributed by atoms with Gasteiger partial charge in [0.1, 0.15) is 5.75 Å². The SMILES string of the molecule is COc1ccc(Cn2nnnc2S[C@H](C)C(=O)NC[C@@H]2CCCO2)cc1. The third kappa shape index (κ3) is 4.95. The number of hydrogen-bond donors (Lipinski definition) is 1. The predicted octanol–water partition coefficient (Wildman–Crippen LogP) is 1.51. The summed E-state index contributed by atoms with van der Waals surface area (Å²) in [4.78, 5) is 12.3. The van der Waals surface area contributed by atoms with E-state index in [1.54, 1.807) is 11.8 Å². The lowest BCUT2D eigenvalue weighted by atomic mass is 10.2. The third-order valence-corrected chi connectivity index (χ3v) is 5.24. The number of nitrogens with one attached hydrogen (secondary N) is 1. The van der Waals surface area contributed by atoms with E-state index in [0.29, 0.717) is 18.2 Å². The summed E-state index contributed by atoms with van der Waals surface area (Å²) in [5.74, 6) is 0.765. The molecule has 1 aromatic heterocycles. The molecule has 2 heterocycles. The van der Waals surface area contributed by atoms with Gasteiger partial charge in [-0.25, -0.2) is 4.68 Å². The molecule has 0 spiro atoms. The average molecular weight is 377 g/mol. The number of hydrogen-bond acceptors (Lipinski definition) is 7. The van der Waals surface area contributed by atoms with Crippen LogP contribution < -0.4 is 10.1 Å². The van der Waals surface area contributed by atoms with E-state index in [1.807, 2.05) is 31.2 Å². The van der Waals surface area contributed by atoms with Gasteiger partial charge in [0.05, 0.1) is 25.0 Å². The van der Waals surface area contributed by atoms with Crippen molar-refractivity contribution in [2.45, 2.75) is 42.8 Å². The Bertz CT molecular complexity index is 715. The first-order valence-electron chi connectivity index (χ1n) is 8.61. The van der Waals surface area contributed by atoms with Gasteiger partial charge >= 0.3 is 0 Å². The van der Waals surface area contributed by atoms with Gasteiger partial charge < -0.3 is 14.8 Å². The van der Waals surface area contributed by atoms with E-state index >= 15 is 0 Å². The van der Waals surface area contributed by atoms with E-state index in [2.05, 4.69) is 20.8 Å². The number of rotatable bonds is 8. The van der Waals surface area contributed by atoms with Gasteiger partial charge in [0.2, 0.25) is 11.1 Å². The number of aromatic nitrogens is 4. The van der Waals surface area contributed by atoms with Gasteiger partial charge in [0.15, 0.2) is 0 Å². The molecule has 0 saturated carbocycles. The maximum absolute atomic E-state index is 12.3. The van der Waals surface area contributed by atoms with Crippen LogP contribution in [0, 0.1) is 0 Å². The van der Waals surface area contributed by atoms with Gasteiger partial charge in [-0.15, -0.1) is 5.10 Å². The summed E-state index contributed by atoms with van der Waals surface area (Å²) >= 11 is 1.34. The Morgan fingerprint density at radius 1 is 1.46 bits per heavy atom. The number of carbonyl (C=O) groups is 1. The second-order valence-electron chi connectivity index (χ2n) is 6.11. The first-order chi connectivity index (χ1) is 12.7. The number of tetrazole rings is 1. The van der Waals surface area contributed by atoms with Crippen LogP contribution in [0.2, 0.25) is 0 Å². The molecule has 2 atom stereocenters. The monoisotopic (exact) mass is 377 g/mol. The van der Waals surface area contributed by atoms with E-state index < -0.39 is 0 Å². The molecular formula is C17H23N5O3S. The molecule has 8 nitrogen and oxygen atoms in total. The summed E-state index contributed by atoms with van der Waals surface area (Å²) < 4.78 is 12.4. The third-order valence-electron chi connectivity index (χ3n) is 4.17. The fourth-order valence-corrected chi connectivity index (χ4v) is 3.47. The molecule has 1 amide bonds. The van der Waals surface area contributed by atoms with E-state index in [9.17, 15) is 4.79 Å². The van der Waals surface area contributed by atoms with Crippen LogP contribution in [0.3, 0.4) is 0 Å². The van der Waals surface area contributed by atoms with Crippen LogP contribution in [0.4, 0.5) is 0 Å². The Kier molecular flexibility index (Phi) is 6.45. The largest absolute Gasteiger partial charge is 0.497 e. The van der Waals surface area contributed by atoms with Crippen molar-refractivity contribution in [3.8, 4) is 5.75 Å². The molecule has 1 saturated heterocycles. The van der Waals surface area contributed by atoms with Crippen molar-refractivity contribution in [2.24, 2.45) is 0 Å². The Morgan fingerprint density at radius 3 is 2.96 bits per heavy atom. The summed E-state index contributed by atoms with van der Waals surface area (Å²) in [5, 5.41) is 15.1. The van der Waals surface area contributed by atoms with Gasteiger partial charge in [-0.2, -0.15) is 0 Å². The molecule has 2 aromatic rings. The van der Waals surface area contributed by atoms with Crippen molar-refractivity contribution in [1.82, 2.24) is 25.5 Å². The Morgan fingerprint density at radius 2 is 2.27 bits per heavy atom. The van der Waals surface area contributed by atoms with Crippen LogP contribution in [-0.2, 0) is 16.1 Å². The number of carbonyl (C=O) groups excluding carboxylic acids is 1. The molecule has 1 aliphatic rings. The highest BCUT2D eigenvalue weighted by Gasteiger charge is 2.21. The first-order valence-corrected chi connectivity index (χ1v) is 9.48. The van der Waals surface area contributed by atoms with Gasteiger partial charge in [-0.3, -0.25) is 4.79 Å². The zero-order valence-corrected chi connectivity index (χ0v) is 15.7. The predicted molar refractivity (Wildman–Crippen MR) is 97.2 cm³/mol. The standard InChI is InChI=1S/C17H23N5O3S/c1-12(16(23)18-10-15-4-3-9-25-15)26-17-19-20-21-22(17)11-13-5-7-14(24-2)8-6-13/h5-8,12,15H,3-4,9-11H2,1-2H3,(H,18,23)/t12-,15+/m1/s1. The maximum atomic E-state index is 12.3. The summed E-state index contributed by atoms with van der Waals surface area (Å²) in [6.45, 7) is 3.72. The van der Waals surface area contributed by atoms with Gasteiger partial charge in [0.25, 0.3) is 0 Å². The highest BCUT2D eigenvalue weighted by molar-refractivity contribution is 8.00. The average Bonchev–Trinajstić information content (AvgIpc) is 3.32. The lowest BCUT2D eigenvalue weighted by Crippen LogP contribution is -2.36. The smallest absolute Gasteiger partial charge is 0.233 e. The molecule has 1 aliphatic heterocycles. The highest BCUT2D eigenvalue weighted by Crippen LogP contribution is 2.21. The lowest BCUT2D eigenvalue weighted by molar-refractivity contribution is -0.120. The van der Waals surface area contributed by atoms with Crippen molar-refractivity contribution in [1.29, 1.82) is 0 Å². The summed E-state index contributed by atoms with van der Waals surface area (Å²) in [5.41, 5.74) is 1.05. The molecule has 1 N–H and O–H groups in total. The van der Waals surface area contributed by atoms with Crippen molar-refractivity contribution in [3.05, 3.63) is 29.8 Å². The number of nitrogens with zero attached hydrogens (tertiary/aromatic N) is 4. The second kappa shape index (κ2) is 9.00. The Labute approximate surface area is 156 Å². The molecule has 140 valence electrons. The number of thioether (sulfide) groups is 1. The maximum Gasteiger partial charge on any atom is 0.233 e. The zero-order valence-electron chi connectivity index (χ0n) is 14.9.